The van der Waals surface area contributed by atoms with Crippen LogP contribution in [-0.4, -0.2) is 86.8 Å². The predicted octanol–water partition coefficient (Wildman–Crippen LogP) is 5.32. The van der Waals surface area contributed by atoms with E-state index < -0.39 is 6.09 Å². The first-order valence-electron chi connectivity index (χ1n) is 17.1. The number of alkyl carbamates (subject to hydrolysis) is 1. The van der Waals surface area contributed by atoms with Gasteiger partial charge in [-0.15, -0.1) is 0 Å². The van der Waals surface area contributed by atoms with Crippen LogP contribution >= 0.6 is 11.6 Å². The molecule has 1 aliphatic heterocycles. The summed E-state index contributed by atoms with van der Waals surface area (Å²) in [7, 11) is 1.27. The standard InChI is InChI=1S/C37H39ClN8O5/c1-3-14-45(30(48)17-39-20-47)19-29-41-28-13-10-24-15-23(9-12-27(24)33(28)42-29)21-4-6-22(7-5-21)32-35(38)44-36(43-32)34-25-8-11-26(16-25)46(34)31(49)18-40-37(50)51-2/h4-7,9-10,12-13,15,20,25-26,34H,3,8,11,14,16-19H2,1-2H3,(H,39,47)(H,40,50)(H,41,42)(H,43,44)/t25-,26+,34-/m0/s1. The van der Waals surface area contributed by atoms with E-state index in [0.29, 0.717) is 42.0 Å². The molecule has 1 saturated heterocycles. The molecular formula is C37H39ClN8O5. The first-order chi connectivity index (χ1) is 24.8. The van der Waals surface area contributed by atoms with Gasteiger partial charge in [0.1, 0.15) is 18.2 Å². The van der Waals surface area contributed by atoms with E-state index in [9.17, 15) is 19.2 Å². The lowest BCUT2D eigenvalue weighted by Gasteiger charge is -2.34. The zero-order valence-electron chi connectivity index (χ0n) is 28.4. The number of likely N-dealkylation sites (tertiary alicyclic amines) is 1. The number of carbonyl (C=O) groups is 4. The number of imidazole rings is 2. The van der Waals surface area contributed by atoms with Crippen LogP contribution < -0.4 is 10.6 Å². The molecule has 2 fully saturated rings. The summed E-state index contributed by atoms with van der Waals surface area (Å²) >= 11 is 6.70. The number of rotatable bonds is 12. The van der Waals surface area contributed by atoms with Crippen LogP contribution in [0.2, 0.25) is 5.15 Å². The summed E-state index contributed by atoms with van der Waals surface area (Å²) < 4.78 is 4.63. The molecule has 2 aliphatic rings. The van der Waals surface area contributed by atoms with E-state index in [1.54, 1.807) is 4.90 Å². The van der Waals surface area contributed by atoms with Crippen molar-refractivity contribution in [1.29, 1.82) is 0 Å². The number of carbonyl (C=O) groups excluding carboxylic acids is 4. The Morgan fingerprint density at radius 1 is 1.02 bits per heavy atom. The molecule has 2 bridgehead atoms. The number of fused-ring (bicyclic) bond motifs is 5. The van der Waals surface area contributed by atoms with E-state index in [0.717, 1.165) is 64.2 Å². The van der Waals surface area contributed by atoms with Gasteiger partial charge in [0.25, 0.3) is 0 Å². The van der Waals surface area contributed by atoms with Crippen molar-refractivity contribution < 1.29 is 23.9 Å². The molecule has 51 heavy (non-hydrogen) atoms. The smallest absolute Gasteiger partial charge is 0.407 e. The molecule has 4 amide bonds. The maximum Gasteiger partial charge on any atom is 0.407 e. The fourth-order valence-corrected chi connectivity index (χ4v) is 7.89. The van der Waals surface area contributed by atoms with Crippen LogP contribution in [0.1, 0.15) is 50.3 Å². The predicted molar refractivity (Wildman–Crippen MR) is 193 cm³/mol. The van der Waals surface area contributed by atoms with E-state index in [4.69, 9.17) is 16.6 Å². The zero-order chi connectivity index (χ0) is 35.6. The number of amides is 4. The molecule has 1 saturated carbocycles. The lowest BCUT2D eigenvalue weighted by molar-refractivity contribution is -0.135. The average Bonchev–Trinajstić information content (AvgIpc) is 3.95. The molecule has 7 rings (SSSR count). The number of H-pyrrole nitrogens is 2. The highest BCUT2D eigenvalue weighted by Crippen LogP contribution is 2.50. The van der Waals surface area contributed by atoms with Gasteiger partial charge in [-0.25, -0.2) is 14.8 Å². The van der Waals surface area contributed by atoms with Crippen molar-refractivity contribution in [2.75, 3.05) is 26.7 Å². The third-order valence-corrected chi connectivity index (χ3v) is 10.2. The Morgan fingerprint density at radius 3 is 2.57 bits per heavy atom. The third-order valence-electron chi connectivity index (χ3n) is 9.95. The molecule has 3 heterocycles. The van der Waals surface area contributed by atoms with E-state index in [1.165, 1.54) is 7.11 Å². The summed E-state index contributed by atoms with van der Waals surface area (Å²) in [4.78, 5) is 67.9. The van der Waals surface area contributed by atoms with E-state index >= 15 is 0 Å². The molecule has 4 N–H and O–H groups in total. The van der Waals surface area contributed by atoms with Crippen molar-refractivity contribution in [3.63, 3.8) is 0 Å². The number of nitrogens with zero attached hydrogens (tertiary/aromatic N) is 4. The number of benzene rings is 3. The fourth-order valence-electron chi connectivity index (χ4n) is 7.64. The lowest BCUT2D eigenvalue weighted by Crippen LogP contribution is -2.45. The number of nitrogens with one attached hydrogen (secondary N) is 4. The monoisotopic (exact) mass is 710 g/mol. The second-order valence-corrected chi connectivity index (χ2v) is 13.4. The Balaban J connectivity index is 1.09. The largest absolute Gasteiger partial charge is 0.453 e. The third kappa shape index (κ3) is 6.73. The molecule has 0 spiro atoms. The van der Waals surface area contributed by atoms with Crippen LogP contribution in [0.25, 0.3) is 44.2 Å². The molecule has 1 aliphatic carbocycles. The van der Waals surface area contributed by atoms with Gasteiger partial charge < -0.3 is 35.1 Å². The van der Waals surface area contributed by atoms with Gasteiger partial charge in [-0.3, -0.25) is 14.4 Å². The summed E-state index contributed by atoms with van der Waals surface area (Å²) in [6.07, 6.45) is 3.50. The first-order valence-corrected chi connectivity index (χ1v) is 17.5. The second kappa shape index (κ2) is 14.4. The topological polar surface area (TPSA) is 165 Å². The van der Waals surface area contributed by atoms with Gasteiger partial charge in [0.15, 0.2) is 5.15 Å². The fraction of sp³-hybridized carbons (Fsp3) is 0.351. The maximum absolute atomic E-state index is 13.2. The van der Waals surface area contributed by atoms with E-state index in [2.05, 4.69) is 48.5 Å². The summed E-state index contributed by atoms with van der Waals surface area (Å²) in [5.41, 5.74) is 5.36. The molecule has 3 aromatic carbocycles. The minimum atomic E-state index is -0.643. The number of aromatic amines is 2. The van der Waals surface area contributed by atoms with Crippen LogP contribution in [0.15, 0.2) is 54.6 Å². The highest BCUT2D eigenvalue weighted by atomic mass is 35.5. The normalized spacial score (nSPS) is 17.9. The Morgan fingerprint density at radius 2 is 1.80 bits per heavy atom. The summed E-state index contributed by atoms with van der Waals surface area (Å²) in [5.74, 6) is 1.27. The second-order valence-electron chi connectivity index (χ2n) is 13.1. The van der Waals surface area contributed by atoms with Crippen LogP contribution in [-0.2, 0) is 25.7 Å². The number of methoxy groups -OCH3 is 1. The SMILES string of the molecule is CCCN(Cc1nc2ccc3cc(-c4ccc(-c5[nH]c([C@@H]6[C@H]7CC[C@H](C7)N6C(=O)CNC(=O)OC)nc5Cl)cc4)ccc3c2[nH]1)C(=O)CNC=O. The summed E-state index contributed by atoms with van der Waals surface area (Å²) in [5, 5.41) is 7.36. The van der Waals surface area contributed by atoms with E-state index in [1.807, 2.05) is 48.2 Å². The van der Waals surface area contributed by atoms with Crippen LogP contribution in [0.4, 0.5) is 4.79 Å². The number of ether oxygens (including phenoxy) is 1. The number of hydrogen-bond donors (Lipinski definition) is 4. The molecule has 264 valence electrons. The van der Waals surface area contributed by atoms with Crippen LogP contribution in [0.3, 0.4) is 0 Å². The number of halogens is 1. The molecule has 0 unspecified atom stereocenters. The van der Waals surface area contributed by atoms with Crippen molar-refractivity contribution in [1.82, 2.24) is 40.4 Å². The lowest BCUT2D eigenvalue weighted by atomic mass is 9.98. The Labute approximate surface area is 299 Å². The molecule has 14 heteroatoms. The Hall–Kier alpha value is -5.43. The van der Waals surface area contributed by atoms with Gasteiger partial charge in [-0.2, -0.15) is 0 Å². The molecule has 2 aromatic heterocycles. The summed E-state index contributed by atoms with van der Waals surface area (Å²) in [6.45, 7) is 2.70. The van der Waals surface area contributed by atoms with E-state index in [-0.39, 0.29) is 42.9 Å². The van der Waals surface area contributed by atoms with Crippen molar-refractivity contribution in [3.05, 3.63) is 71.4 Å². The van der Waals surface area contributed by atoms with Gasteiger partial charge in [0.2, 0.25) is 18.2 Å². The van der Waals surface area contributed by atoms with Crippen molar-refractivity contribution >= 4 is 57.7 Å². The van der Waals surface area contributed by atoms with Gasteiger partial charge in [-0.1, -0.05) is 61.0 Å². The molecule has 5 aromatic rings. The quantitative estimate of drug-likeness (QED) is 0.127. The minimum Gasteiger partial charge on any atom is -0.453 e. The Kier molecular flexibility index (Phi) is 9.63. The van der Waals surface area contributed by atoms with Gasteiger partial charge >= 0.3 is 6.09 Å². The van der Waals surface area contributed by atoms with Crippen molar-refractivity contribution in [3.8, 4) is 22.4 Å². The van der Waals surface area contributed by atoms with Crippen LogP contribution in [0, 0.1) is 5.92 Å². The minimum absolute atomic E-state index is 0.0481. The first kappa shape index (κ1) is 34.0. The highest BCUT2D eigenvalue weighted by molar-refractivity contribution is 6.32. The Bertz CT molecular complexity index is 2110. The van der Waals surface area contributed by atoms with Gasteiger partial charge in [-0.05, 0) is 60.2 Å². The molecule has 0 radical (unpaired) electrons. The van der Waals surface area contributed by atoms with Crippen molar-refractivity contribution in [2.24, 2.45) is 5.92 Å². The highest BCUT2D eigenvalue weighted by Gasteiger charge is 2.50. The summed E-state index contributed by atoms with van der Waals surface area (Å²) in [6, 6.07) is 18.3. The average molecular weight is 711 g/mol. The zero-order valence-corrected chi connectivity index (χ0v) is 29.1. The maximum atomic E-state index is 13.2. The van der Waals surface area contributed by atoms with Gasteiger partial charge in [0.05, 0.1) is 43.0 Å². The number of aromatic nitrogens is 4. The number of hydrogen-bond acceptors (Lipinski definition) is 7. The number of piperidine rings is 1. The molecule has 13 nitrogen and oxygen atoms in total. The van der Waals surface area contributed by atoms with Crippen molar-refractivity contribution in [2.45, 2.75) is 51.2 Å². The molecule has 3 atom stereocenters. The molecular weight excluding hydrogens is 672 g/mol. The van der Waals surface area contributed by atoms with Gasteiger partial charge in [0, 0.05) is 23.5 Å². The van der Waals surface area contributed by atoms with Crippen LogP contribution in [0.5, 0.6) is 0 Å².